The molecule has 1 heteroatoms. The smallest absolute Gasteiger partial charge is 0.0319 e. The number of hydrogen-bond acceptors (Lipinski definition) is 1. The Balaban J connectivity index is 0.000000461. The molecule has 1 unspecified atom stereocenters. The Hall–Kier alpha value is -0.820. The van der Waals surface area contributed by atoms with Gasteiger partial charge in [0.1, 0.15) is 0 Å². The van der Waals surface area contributed by atoms with Gasteiger partial charge in [-0.3, -0.25) is 0 Å². The highest BCUT2D eigenvalue weighted by molar-refractivity contribution is 5.38. The fourth-order valence-corrected chi connectivity index (χ4v) is 2.24. The fraction of sp³-hybridized carbons (Fsp3) is 0.538. The van der Waals surface area contributed by atoms with Crippen molar-refractivity contribution >= 4 is 0 Å². The van der Waals surface area contributed by atoms with E-state index in [4.69, 9.17) is 5.11 Å². The molecule has 0 bridgehead atoms. The van der Waals surface area contributed by atoms with Crippen molar-refractivity contribution in [2.75, 3.05) is 7.11 Å². The third kappa shape index (κ3) is 1.83. The van der Waals surface area contributed by atoms with Crippen LogP contribution in [0.4, 0.5) is 0 Å². The van der Waals surface area contributed by atoms with Crippen molar-refractivity contribution in [3.05, 3.63) is 35.4 Å². The maximum Gasteiger partial charge on any atom is 0.0319 e. The molecule has 1 aliphatic carbocycles. The van der Waals surface area contributed by atoms with Crippen LogP contribution in [0.2, 0.25) is 0 Å². The van der Waals surface area contributed by atoms with Gasteiger partial charge in [-0.15, -0.1) is 0 Å². The predicted molar refractivity (Wildman–Crippen MR) is 60.5 cm³/mol. The number of hydrogen-bond donors (Lipinski definition) is 1. The van der Waals surface area contributed by atoms with Crippen LogP contribution in [0.5, 0.6) is 0 Å². The van der Waals surface area contributed by atoms with Crippen LogP contribution in [0, 0.1) is 0 Å². The number of aliphatic hydroxyl groups is 1. The average molecular weight is 192 g/mol. The summed E-state index contributed by atoms with van der Waals surface area (Å²) in [7, 11) is 1.00. The first kappa shape index (κ1) is 11.3. The monoisotopic (exact) mass is 192 g/mol. The van der Waals surface area contributed by atoms with Crippen molar-refractivity contribution in [2.24, 2.45) is 0 Å². The third-order valence-corrected chi connectivity index (χ3v) is 3.39. The zero-order valence-corrected chi connectivity index (χ0v) is 9.38. The summed E-state index contributed by atoms with van der Waals surface area (Å²) in [5.74, 6) is 0. The number of benzene rings is 1. The summed E-state index contributed by atoms with van der Waals surface area (Å²) in [6, 6.07) is 8.89. The van der Waals surface area contributed by atoms with Crippen molar-refractivity contribution < 1.29 is 5.11 Å². The Morgan fingerprint density at radius 3 is 2.57 bits per heavy atom. The molecule has 0 fully saturated rings. The predicted octanol–water partition coefficient (Wildman–Crippen LogP) is 2.91. The molecule has 1 N–H and O–H groups in total. The molecule has 0 heterocycles. The lowest BCUT2D eigenvalue weighted by molar-refractivity contribution is 0.399. The Morgan fingerprint density at radius 2 is 1.93 bits per heavy atom. The second kappa shape index (κ2) is 4.61. The number of aliphatic hydroxyl groups excluding tert-OH is 1. The summed E-state index contributed by atoms with van der Waals surface area (Å²) in [4.78, 5) is 0. The van der Waals surface area contributed by atoms with Gasteiger partial charge in [-0.05, 0) is 35.8 Å². The molecule has 0 aliphatic heterocycles. The van der Waals surface area contributed by atoms with Crippen LogP contribution in [-0.2, 0) is 11.8 Å². The van der Waals surface area contributed by atoms with E-state index < -0.39 is 0 Å². The van der Waals surface area contributed by atoms with Crippen LogP contribution >= 0.6 is 0 Å². The summed E-state index contributed by atoms with van der Waals surface area (Å²) in [6.07, 6.45) is 3.88. The number of fused-ring (bicyclic) bond motifs is 1. The minimum absolute atomic E-state index is 0.469. The van der Waals surface area contributed by atoms with Gasteiger partial charge < -0.3 is 5.11 Å². The molecule has 1 aliphatic rings. The van der Waals surface area contributed by atoms with E-state index in [0.29, 0.717) is 5.41 Å². The maximum atomic E-state index is 7.00. The molecule has 0 saturated carbocycles. The summed E-state index contributed by atoms with van der Waals surface area (Å²) >= 11 is 0. The normalized spacial score (nSPS) is 23.7. The second-order valence-corrected chi connectivity index (χ2v) is 4.07. The van der Waals surface area contributed by atoms with Gasteiger partial charge in [-0.1, -0.05) is 38.1 Å². The average Bonchev–Trinajstić information content (AvgIpc) is 2.61. The van der Waals surface area contributed by atoms with Crippen molar-refractivity contribution in [3.8, 4) is 0 Å². The van der Waals surface area contributed by atoms with Crippen molar-refractivity contribution in [3.63, 3.8) is 0 Å². The van der Waals surface area contributed by atoms with Crippen LogP contribution in [0.15, 0.2) is 24.3 Å². The van der Waals surface area contributed by atoms with E-state index in [0.717, 1.165) is 7.11 Å². The molecule has 0 spiro atoms. The molecule has 0 radical (unpaired) electrons. The van der Waals surface area contributed by atoms with E-state index >= 15 is 0 Å². The third-order valence-electron chi connectivity index (χ3n) is 3.39. The summed E-state index contributed by atoms with van der Waals surface area (Å²) in [5.41, 5.74) is 3.63. The Bertz CT molecular complexity index is 293. The molecular formula is C13H20O. The van der Waals surface area contributed by atoms with Gasteiger partial charge in [0, 0.05) is 7.11 Å². The number of aryl methyl sites for hydroxylation is 1. The van der Waals surface area contributed by atoms with Crippen molar-refractivity contribution in [1.82, 2.24) is 0 Å². The zero-order valence-electron chi connectivity index (χ0n) is 9.38. The van der Waals surface area contributed by atoms with E-state index in [-0.39, 0.29) is 0 Å². The molecule has 2 rings (SSSR count). The Morgan fingerprint density at radius 1 is 1.29 bits per heavy atom. The first-order valence-electron chi connectivity index (χ1n) is 5.29. The van der Waals surface area contributed by atoms with E-state index in [1.54, 1.807) is 11.1 Å². The molecule has 0 saturated heterocycles. The van der Waals surface area contributed by atoms with E-state index in [9.17, 15) is 0 Å². The van der Waals surface area contributed by atoms with E-state index in [2.05, 4.69) is 38.1 Å². The van der Waals surface area contributed by atoms with Crippen LogP contribution in [0.1, 0.15) is 37.8 Å². The topological polar surface area (TPSA) is 20.2 Å². The fourth-order valence-electron chi connectivity index (χ4n) is 2.24. The summed E-state index contributed by atoms with van der Waals surface area (Å²) in [5, 5.41) is 7.00. The van der Waals surface area contributed by atoms with Gasteiger partial charge in [0.05, 0.1) is 0 Å². The van der Waals surface area contributed by atoms with Crippen LogP contribution in [0.3, 0.4) is 0 Å². The molecule has 14 heavy (non-hydrogen) atoms. The standard InChI is InChI=1S/C12H16.CH4O/c1-3-12(2)9-8-10-6-4-5-7-11(10)12;1-2/h4-7H,3,8-9H2,1-2H3;2H,1H3. The molecule has 1 aromatic rings. The molecular weight excluding hydrogens is 172 g/mol. The van der Waals surface area contributed by atoms with Gasteiger partial charge >= 0.3 is 0 Å². The van der Waals surface area contributed by atoms with Gasteiger partial charge in [-0.25, -0.2) is 0 Å². The highest BCUT2D eigenvalue weighted by atomic mass is 16.2. The lowest BCUT2D eigenvalue weighted by Gasteiger charge is -2.23. The highest BCUT2D eigenvalue weighted by Gasteiger charge is 2.31. The zero-order chi connectivity index (χ0) is 10.6. The molecule has 78 valence electrons. The molecule has 1 atom stereocenters. The molecule has 0 aromatic heterocycles. The SMILES string of the molecule is CCC1(C)CCc2ccccc21.CO. The minimum atomic E-state index is 0.469. The van der Waals surface area contributed by atoms with E-state index in [1.807, 2.05) is 0 Å². The van der Waals surface area contributed by atoms with Crippen LogP contribution in [-0.4, -0.2) is 12.2 Å². The minimum Gasteiger partial charge on any atom is -0.400 e. The van der Waals surface area contributed by atoms with Crippen LogP contribution in [0.25, 0.3) is 0 Å². The lowest BCUT2D eigenvalue weighted by Crippen LogP contribution is -2.15. The molecule has 1 aromatic carbocycles. The number of rotatable bonds is 1. The maximum absolute atomic E-state index is 7.00. The first-order valence-corrected chi connectivity index (χ1v) is 5.29. The lowest BCUT2D eigenvalue weighted by atomic mass is 9.82. The summed E-state index contributed by atoms with van der Waals surface area (Å²) in [6.45, 7) is 4.68. The second-order valence-electron chi connectivity index (χ2n) is 4.07. The van der Waals surface area contributed by atoms with Crippen molar-refractivity contribution in [2.45, 2.75) is 38.5 Å². The first-order chi connectivity index (χ1) is 6.76. The van der Waals surface area contributed by atoms with Crippen LogP contribution < -0.4 is 0 Å². The van der Waals surface area contributed by atoms with E-state index in [1.165, 1.54) is 19.3 Å². The van der Waals surface area contributed by atoms with Crippen molar-refractivity contribution in [1.29, 1.82) is 0 Å². The molecule has 0 amide bonds. The van der Waals surface area contributed by atoms with Gasteiger partial charge in [0.15, 0.2) is 0 Å². The van der Waals surface area contributed by atoms with Gasteiger partial charge in [-0.2, -0.15) is 0 Å². The quantitative estimate of drug-likeness (QED) is 0.725. The Kier molecular flexibility index (Phi) is 3.70. The molecule has 1 nitrogen and oxygen atoms in total. The summed E-state index contributed by atoms with van der Waals surface area (Å²) < 4.78 is 0. The Labute approximate surface area is 86.8 Å². The van der Waals surface area contributed by atoms with Gasteiger partial charge in [0.25, 0.3) is 0 Å². The highest BCUT2D eigenvalue weighted by Crippen LogP contribution is 2.40. The van der Waals surface area contributed by atoms with Gasteiger partial charge in [0.2, 0.25) is 0 Å². The largest absolute Gasteiger partial charge is 0.400 e.